The van der Waals surface area contributed by atoms with Gasteiger partial charge in [0.25, 0.3) is 10.0 Å². The van der Waals surface area contributed by atoms with E-state index in [1.54, 1.807) is 18.2 Å². The number of aromatic nitrogens is 1. The normalized spacial score (nSPS) is 12.4. The van der Waals surface area contributed by atoms with Crippen molar-refractivity contribution < 1.29 is 30.7 Å². The summed E-state index contributed by atoms with van der Waals surface area (Å²) >= 11 is 0.812. The van der Waals surface area contributed by atoms with Crippen LogP contribution in [0, 0.1) is 18.2 Å². The predicted molar refractivity (Wildman–Crippen MR) is 150 cm³/mol. The number of benzene rings is 3. The number of hydrogen-bond donors (Lipinski definition) is 1. The molecule has 40 heavy (non-hydrogen) atoms. The second kappa shape index (κ2) is 11.2. The summed E-state index contributed by atoms with van der Waals surface area (Å²) in [5.41, 5.74) is -0.811. The molecule has 1 heterocycles. The number of anilines is 1. The third kappa shape index (κ3) is 7.00. The molecule has 212 valence electrons. The van der Waals surface area contributed by atoms with Crippen LogP contribution in [0.2, 0.25) is 0 Å². The molecule has 0 saturated carbocycles. The van der Waals surface area contributed by atoms with Crippen molar-refractivity contribution in [3.63, 3.8) is 0 Å². The fourth-order valence-electron chi connectivity index (χ4n) is 3.97. The molecule has 0 unspecified atom stereocenters. The van der Waals surface area contributed by atoms with Crippen LogP contribution in [0.15, 0.2) is 71.6 Å². The third-order valence-corrected chi connectivity index (χ3v) is 8.48. The molecule has 4 rings (SSSR count). The molecule has 0 aliphatic heterocycles. The van der Waals surface area contributed by atoms with E-state index < -0.39 is 27.6 Å². The number of rotatable bonds is 8. The van der Waals surface area contributed by atoms with Gasteiger partial charge in [-0.1, -0.05) is 62.4 Å². The summed E-state index contributed by atoms with van der Waals surface area (Å²) < 4.78 is 91.2. The van der Waals surface area contributed by atoms with Crippen molar-refractivity contribution in [2.24, 2.45) is 5.41 Å². The highest BCUT2D eigenvalue weighted by Crippen LogP contribution is 2.46. The first-order chi connectivity index (χ1) is 18.6. The molecule has 0 bridgehead atoms. The monoisotopic (exact) mass is 592 g/mol. The smallest absolute Gasteiger partial charge is 0.417 e. The van der Waals surface area contributed by atoms with Gasteiger partial charge >= 0.3 is 6.18 Å². The molecule has 1 N–H and O–H groups in total. The molecule has 0 saturated heterocycles. The van der Waals surface area contributed by atoms with Gasteiger partial charge in [-0.3, -0.25) is 4.72 Å². The maximum atomic E-state index is 14.8. The molecule has 3 aromatic carbocycles. The van der Waals surface area contributed by atoms with Crippen LogP contribution in [0.4, 0.5) is 22.7 Å². The maximum absolute atomic E-state index is 14.8. The van der Waals surface area contributed by atoms with Gasteiger partial charge in [0.15, 0.2) is 5.13 Å². The highest BCUT2D eigenvalue weighted by molar-refractivity contribution is 7.93. The van der Waals surface area contributed by atoms with E-state index in [1.165, 1.54) is 43.3 Å². The van der Waals surface area contributed by atoms with Gasteiger partial charge in [-0.05, 0) is 54.7 Å². The molecule has 0 atom stereocenters. The van der Waals surface area contributed by atoms with E-state index in [-0.39, 0.29) is 48.5 Å². The number of sulfonamides is 1. The van der Waals surface area contributed by atoms with Gasteiger partial charge in [-0.25, -0.2) is 17.8 Å². The zero-order chi connectivity index (χ0) is 29.3. The molecule has 0 radical (unpaired) electrons. The van der Waals surface area contributed by atoms with Gasteiger partial charge in [0.2, 0.25) is 0 Å². The third-order valence-electron chi connectivity index (χ3n) is 5.97. The SMILES string of the molecule is Cc1cccc(C(F)(F)F)c1-c1nc(NS(=O)(=O)c2ccccc2)sc1-c1cc(F)cc(OCCC(C)(C)C)c1. The first-order valence-electron chi connectivity index (χ1n) is 12.3. The molecular weight excluding hydrogens is 564 g/mol. The predicted octanol–water partition coefficient (Wildman–Crippen LogP) is 8.56. The minimum absolute atomic E-state index is 0.0232. The summed E-state index contributed by atoms with van der Waals surface area (Å²) in [7, 11) is -4.10. The van der Waals surface area contributed by atoms with Crippen molar-refractivity contribution in [3.05, 3.63) is 83.7 Å². The Morgan fingerprint density at radius 2 is 1.68 bits per heavy atom. The second-order valence-electron chi connectivity index (χ2n) is 10.4. The summed E-state index contributed by atoms with van der Waals surface area (Å²) in [5, 5.41) is -0.162. The Hall–Kier alpha value is -3.44. The van der Waals surface area contributed by atoms with Gasteiger partial charge in [-0.2, -0.15) is 13.2 Å². The number of alkyl halides is 3. The Labute approximate surface area is 234 Å². The Bertz CT molecular complexity index is 1610. The summed E-state index contributed by atoms with van der Waals surface area (Å²) in [5.74, 6) is -0.458. The molecule has 11 heteroatoms. The van der Waals surface area contributed by atoms with Crippen molar-refractivity contribution in [3.8, 4) is 27.4 Å². The van der Waals surface area contributed by atoms with Crippen LogP contribution in [-0.4, -0.2) is 20.0 Å². The molecule has 0 aliphatic rings. The van der Waals surface area contributed by atoms with E-state index in [0.717, 1.165) is 23.5 Å². The average Bonchev–Trinajstić information content (AvgIpc) is 3.25. The first kappa shape index (κ1) is 29.5. The highest BCUT2D eigenvalue weighted by atomic mass is 32.2. The average molecular weight is 593 g/mol. The van der Waals surface area contributed by atoms with Crippen LogP contribution >= 0.6 is 11.3 Å². The Morgan fingerprint density at radius 1 is 0.975 bits per heavy atom. The molecule has 1 aromatic heterocycles. The standard InChI is InChI=1S/C29H28F4N2O3S2/c1-18-9-8-12-23(29(31,32)33)24(18)25-26(19-15-20(30)17-21(16-19)38-14-13-28(2,3)4)39-27(34-25)35-40(36,37)22-10-6-5-7-11-22/h5-12,15-17H,13-14H2,1-4H3,(H,34,35). The molecular formula is C29H28F4N2O3S2. The minimum Gasteiger partial charge on any atom is -0.493 e. The Morgan fingerprint density at radius 3 is 2.33 bits per heavy atom. The number of ether oxygens (including phenoxy) is 1. The second-order valence-corrected chi connectivity index (χ2v) is 13.1. The lowest BCUT2D eigenvalue weighted by molar-refractivity contribution is -0.137. The lowest BCUT2D eigenvalue weighted by Gasteiger charge is -2.18. The number of aryl methyl sites for hydroxylation is 1. The quantitative estimate of drug-likeness (QED) is 0.208. The van der Waals surface area contributed by atoms with Crippen molar-refractivity contribution in [1.29, 1.82) is 0 Å². The van der Waals surface area contributed by atoms with Crippen LogP contribution < -0.4 is 9.46 Å². The summed E-state index contributed by atoms with van der Waals surface area (Å²) in [6.07, 6.45) is -4.02. The number of nitrogens with one attached hydrogen (secondary N) is 1. The van der Waals surface area contributed by atoms with Gasteiger partial charge in [0, 0.05) is 17.2 Å². The minimum atomic E-state index is -4.71. The van der Waals surface area contributed by atoms with Crippen molar-refractivity contribution in [2.75, 3.05) is 11.3 Å². The Kier molecular flexibility index (Phi) is 8.28. The van der Waals surface area contributed by atoms with Crippen molar-refractivity contribution >= 4 is 26.5 Å². The van der Waals surface area contributed by atoms with Gasteiger partial charge < -0.3 is 4.74 Å². The largest absolute Gasteiger partial charge is 0.493 e. The Balaban J connectivity index is 1.87. The van der Waals surface area contributed by atoms with E-state index in [9.17, 15) is 26.0 Å². The molecule has 0 amide bonds. The van der Waals surface area contributed by atoms with Crippen LogP contribution in [0.1, 0.15) is 38.3 Å². The van der Waals surface area contributed by atoms with E-state index in [0.29, 0.717) is 13.0 Å². The van der Waals surface area contributed by atoms with Gasteiger partial charge in [0.05, 0.1) is 27.6 Å². The highest BCUT2D eigenvalue weighted by Gasteiger charge is 2.36. The number of thiazole rings is 1. The molecule has 4 aromatic rings. The van der Waals surface area contributed by atoms with E-state index in [4.69, 9.17) is 4.74 Å². The topological polar surface area (TPSA) is 68.3 Å². The van der Waals surface area contributed by atoms with Gasteiger partial charge in [0.1, 0.15) is 11.6 Å². The molecule has 5 nitrogen and oxygen atoms in total. The molecule has 0 fully saturated rings. The van der Waals surface area contributed by atoms with E-state index >= 15 is 0 Å². The van der Waals surface area contributed by atoms with Crippen molar-refractivity contribution in [2.45, 2.75) is 45.2 Å². The number of hydrogen-bond acceptors (Lipinski definition) is 5. The maximum Gasteiger partial charge on any atom is 0.417 e. The van der Waals surface area contributed by atoms with Crippen LogP contribution in [0.3, 0.4) is 0 Å². The first-order valence-corrected chi connectivity index (χ1v) is 14.6. The summed E-state index contributed by atoms with van der Waals surface area (Å²) in [6, 6.07) is 15.1. The lowest BCUT2D eigenvalue weighted by atomic mass is 9.93. The number of halogens is 4. The van der Waals surface area contributed by atoms with Crippen LogP contribution in [-0.2, 0) is 16.2 Å². The fraction of sp³-hybridized carbons (Fsp3) is 0.276. The fourth-order valence-corrected chi connectivity index (χ4v) is 6.19. The summed E-state index contributed by atoms with van der Waals surface area (Å²) in [4.78, 5) is 4.44. The lowest BCUT2D eigenvalue weighted by Crippen LogP contribution is -2.12. The van der Waals surface area contributed by atoms with E-state index in [1.807, 2.05) is 20.8 Å². The number of nitrogens with zero attached hydrogens (tertiary/aromatic N) is 1. The zero-order valence-electron chi connectivity index (χ0n) is 22.3. The molecule has 0 aliphatic carbocycles. The zero-order valence-corrected chi connectivity index (χ0v) is 23.9. The van der Waals surface area contributed by atoms with Crippen LogP contribution in [0.5, 0.6) is 5.75 Å². The summed E-state index contributed by atoms with van der Waals surface area (Å²) in [6.45, 7) is 7.93. The van der Waals surface area contributed by atoms with Crippen molar-refractivity contribution in [1.82, 2.24) is 4.98 Å². The molecule has 0 spiro atoms. The van der Waals surface area contributed by atoms with Crippen LogP contribution in [0.25, 0.3) is 21.7 Å². The van der Waals surface area contributed by atoms with E-state index in [2.05, 4.69) is 9.71 Å². The van der Waals surface area contributed by atoms with Gasteiger partial charge in [-0.15, -0.1) is 0 Å².